The topological polar surface area (TPSA) is 0 Å². The summed E-state index contributed by atoms with van der Waals surface area (Å²) in [7, 11) is 0. The van der Waals surface area contributed by atoms with Gasteiger partial charge in [0.25, 0.3) is 0 Å². The summed E-state index contributed by atoms with van der Waals surface area (Å²) < 4.78 is 0. The Labute approximate surface area is 65.0 Å². The van der Waals surface area contributed by atoms with Gasteiger partial charge in [-0.3, -0.25) is 0 Å². The maximum atomic E-state index is 2.37. The zero-order chi connectivity index (χ0) is 7.78. The minimum atomic E-state index is 0.722. The van der Waals surface area contributed by atoms with Crippen LogP contribution >= 0.6 is 0 Å². The molecule has 0 amide bonds. The average molecular weight is 140 g/mol. The first-order valence-corrected chi connectivity index (χ1v) is 4.59. The highest BCUT2D eigenvalue weighted by Gasteiger charge is 2.41. The van der Waals surface area contributed by atoms with E-state index in [-0.39, 0.29) is 0 Å². The predicted molar refractivity (Wildman–Crippen MR) is 46.0 cm³/mol. The van der Waals surface area contributed by atoms with Crippen molar-refractivity contribution in [1.82, 2.24) is 0 Å². The minimum absolute atomic E-state index is 0.722. The van der Waals surface area contributed by atoms with Gasteiger partial charge >= 0.3 is 0 Å². The van der Waals surface area contributed by atoms with Crippen LogP contribution in [0, 0.1) is 17.3 Å². The Kier molecular flexibility index (Phi) is 2.07. The van der Waals surface area contributed by atoms with Gasteiger partial charge in [-0.15, -0.1) is 0 Å². The highest BCUT2D eigenvalue weighted by molar-refractivity contribution is 4.92. The van der Waals surface area contributed by atoms with Crippen LogP contribution in [0.2, 0.25) is 0 Å². The molecule has 1 aliphatic carbocycles. The quantitative estimate of drug-likeness (QED) is 0.551. The Hall–Kier alpha value is 0. The Bertz CT molecular complexity index is 97.2. The lowest BCUT2D eigenvalue weighted by molar-refractivity contribution is 0.0135. The zero-order valence-electron chi connectivity index (χ0n) is 7.78. The van der Waals surface area contributed by atoms with E-state index >= 15 is 0 Å². The van der Waals surface area contributed by atoms with E-state index in [1.807, 2.05) is 0 Å². The zero-order valence-corrected chi connectivity index (χ0v) is 7.78. The molecule has 0 aromatic rings. The van der Waals surface area contributed by atoms with E-state index in [0.717, 1.165) is 17.3 Å². The monoisotopic (exact) mass is 140 g/mol. The first kappa shape index (κ1) is 8.10. The summed E-state index contributed by atoms with van der Waals surface area (Å²) in [6, 6.07) is 0. The molecule has 1 rings (SSSR count). The maximum absolute atomic E-state index is 2.37. The lowest BCUT2D eigenvalue weighted by Crippen LogP contribution is -2.39. The van der Waals surface area contributed by atoms with Crippen molar-refractivity contribution < 1.29 is 0 Å². The van der Waals surface area contributed by atoms with Crippen molar-refractivity contribution in [2.75, 3.05) is 0 Å². The fourth-order valence-corrected chi connectivity index (χ4v) is 2.41. The van der Waals surface area contributed by atoms with Crippen molar-refractivity contribution in [1.29, 1.82) is 0 Å². The summed E-state index contributed by atoms with van der Waals surface area (Å²) in [5, 5.41) is 0. The van der Waals surface area contributed by atoms with Crippen LogP contribution in [0.15, 0.2) is 0 Å². The molecule has 0 N–H and O–H groups in total. The van der Waals surface area contributed by atoms with Gasteiger partial charge in [-0.25, -0.2) is 0 Å². The molecule has 1 saturated carbocycles. The molecular formula is C10H20. The van der Waals surface area contributed by atoms with Crippen molar-refractivity contribution in [3.63, 3.8) is 0 Å². The van der Waals surface area contributed by atoms with E-state index in [2.05, 4.69) is 27.7 Å². The van der Waals surface area contributed by atoms with Gasteiger partial charge < -0.3 is 0 Å². The fraction of sp³-hybridized carbons (Fsp3) is 1.00. The molecule has 0 aromatic carbocycles. The van der Waals surface area contributed by atoms with E-state index in [9.17, 15) is 0 Å². The van der Waals surface area contributed by atoms with Crippen LogP contribution in [0.25, 0.3) is 0 Å². The van der Waals surface area contributed by atoms with Crippen molar-refractivity contribution in [3.05, 3.63) is 0 Å². The van der Waals surface area contributed by atoms with Gasteiger partial charge in [0.1, 0.15) is 0 Å². The lowest BCUT2D eigenvalue weighted by Gasteiger charge is -2.49. The average Bonchev–Trinajstić information content (AvgIpc) is 1.57. The third-order valence-electron chi connectivity index (χ3n) is 3.58. The Balaban J connectivity index is 2.59. The highest BCUT2D eigenvalue weighted by Crippen LogP contribution is 2.52. The fourth-order valence-electron chi connectivity index (χ4n) is 2.41. The standard InChI is InChI=1S/C10H20/c1-8(2)10(9(3)4)6-5-7-10/h8-9H,5-7H2,1-4H3. The second-order valence-electron chi connectivity index (χ2n) is 4.40. The molecule has 60 valence electrons. The van der Waals surface area contributed by atoms with Crippen LogP contribution in [0.4, 0.5) is 0 Å². The van der Waals surface area contributed by atoms with Crippen molar-refractivity contribution in [3.8, 4) is 0 Å². The van der Waals surface area contributed by atoms with Gasteiger partial charge in [0, 0.05) is 0 Å². The molecule has 0 aromatic heterocycles. The predicted octanol–water partition coefficient (Wildman–Crippen LogP) is 3.47. The minimum Gasteiger partial charge on any atom is -0.0622 e. The molecule has 1 fully saturated rings. The van der Waals surface area contributed by atoms with E-state index in [1.165, 1.54) is 19.3 Å². The first-order chi connectivity index (χ1) is 4.59. The molecule has 0 aliphatic heterocycles. The number of hydrogen-bond acceptors (Lipinski definition) is 0. The first-order valence-electron chi connectivity index (χ1n) is 4.59. The molecule has 0 unspecified atom stereocenters. The molecule has 1 aliphatic rings. The number of hydrogen-bond donors (Lipinski definition) is 0. The van der Waals surface area contributed by atoms with Gasteiger partial charge in [0.2, 0.25) is 0 Å². The molecule has 0 atom stereocenters. The van der Waals surface area contributed by atoms with Crippen molar-refractivity contribution >= 4 is 0 Å². The summed E-state index contributed by atoms with van der Waals surface area (Å²) in [5.41, 5.74) is 0.722. The molecule has 0 radical (unpaired) electrons. The third-order valence-corrected chi connectivity index (χ3v) is 3.58. The van der Waals surface area contributed by atoms with Gasteiger partial charge in [-0.05, 0) is 30.1 Å². The van der Waals surface area contributed by atoms with Crippen LogP contribution in [0.3, 0.4) is 0 Å². The third kappa shape index (κ3) is 0.980. The molecule has 10 heavy (non-hydrogen) atoms. The molecule has 0 nitrogen and oxygen atoms in total. The lowest BCUT2D eigenvalue weighted by atomic mass is 9.56. The number of rotatable bonds is 2. The van der Waals surface area contributed by atoms with E-state index in [4.69, 9.17) is 0 Å². The molecule has 0 heterocycles. The molecule has 0 spiro atoms. The van der Waals surface area contributed by atoms with Crippen molar-refractivity contribution in [2.45, 2.75) is 47.0 Å². The smallest absolute Gasteiger partial charge is 0.0251 e. The molecular weight excluding hydrogens is 120 g/mol. The summed E-state index contributed by atoms with van der Waals surface area (Å²) >= 11 is 0. The molecule has 0 heteroatoms. The largest absolute Gasteiger partial charge is 0.0622 e. The molecule has 0 saturated heterocycles. The van der Waals surface area contributed by atoms with E-state index in [0.29, 0.717) is 0 Å². The van der Waals surface area contributed by atoms with Gasteiger partial charge in [-0.1, -0.05) is 34.1 Å². The van der Waals surface area contributed by atoms with Gasteiger partial charge in [-0.2, -0.15) is 0 Å². The Morgan fingerprint density at radius 1 is 0.900 bits per heavy atom. The normalized spacial score (nSPS) is 23.4. The van der Waals surface area contributed by atoms with Crippen LogP contribution in [0.5, 0.6) is 0 Å². The summed E-state index contributed by atoms with van der Waals surface area (Å²) in [6.45, 7) is 9.50. The van der Waals surface area contributed by atoms with Gasteiger partial charge in [0.05, 0.1) is 0 Å². The summed E-state index contributed by atoms with van der Waals surface area (Å²) in [5.74, 6) is 1.78. The second-order valence-corrected chi connectivity index (χ2v) is 4.40. The van der Waals surface area contributed by atoms with Gasteiger partial charge in [0.15, 0.2) is 0 Å². The van der Waals surface area contributed by atoms with Crippen LogP contribution in [-0.2, 0) is 0 Å². The second kappa shape index (κ2) is 2.56. The van der Waals surface area contributed by atoms with Crippen molar-refractivity contribution in [2.24, 2.45) is 17.3 Å². The summed E-state index contributed by atoms with van der Waals surface area (Å²) in [6.07, 6.45) is 4.42. The van der Waals surface area contributed by atoms with E-state index in [1.54, 1.807) is 0 Å². The van der Waals surface area contributed by atoms with E-state index < -0.39 is 0 Å². The van der Waals surface area contributed by atoms with Crippen LogP contribution in [-0.4, -0.2) is 0 Å². The van der Waals surface area contributed by atoms with Crippen LogP contribution in [0.1, 0.15) is 47.0 Å². The Morgan fingerprint density at radius 2 is 1.30 bits per heavy atom. The highest BCUT2D eigenvalue weighted by atomic mass is 14.5. The maximum Gasteiger partial charge on any atom is -0.0251 e. The SMILES string of the molecule is CC(C)C1(C(C)C)CCC1. The summed E-state index contributed by atoms with van der Waals surface area (Å²) in [4.78, 5) is 0. The van der Waals surface area contributed by atoms with Crippen LogP contribution < -0.4 is 0 Å². The molecule has 0 bridgehead atoms. The Morgan fingerprint density at radius 3 is 1.30 bits per heavy atom.